The summed E-state index contributed by atoms with van der Waals surface area (Å²) in [4.78, 5) is 16.3. The molecule has 0 saturated carbocycles. The molecule has 1 atom stereocenters. The van der Waals surface area contributed by atoms with E-state index in [-0.39, 0.29) is 23.1 Å². The molecule has 1 heterocycles. The molecule has 118 valence electrons. The third-order valence-corrected chi connectivity index (χ3v) is 3.63. The fourth-order valence-corrected chi connectivity index (χ4v) is 2.19. The van der Waals surface area contributed by atoms with Crippen molar-refractivity contribution in [2.45, 2.75) is 39.8 Å². The molecule has 1 amide bonds. The molecule has 0 saturated heterocycles. The standard InChI is InChI=1S/C17H23N3O2/c1-17(2,3)15(11-20-9-8-18-12-20)19-16(22)10-13-4-6-14(21)7-5-13/h4-9,12,15,21H,10-11H2,1-3H3,(H,19,22). The fraction of sp³-hybridized carbons (Fsp3) is 0.412. The summed E-state index contributed by atoms with van der Waals surface area (Å²) >= 11 is 0. The summed E-state index contributed by atoms with van der Waals surface area (Å²) in [5.74, 6) is 0.183. The Kier molecular flexibility index (Phi) is 4.85. The molecule has 2 N–H and O–H groups in total. The lowest BCUT2D eigenvalue weighted by Crippen LogP contribution is -2.46. The van der Waals surface area contributed by atoms with Gasteiger partial charge >= 0.3 is 0 Å². The summed E-state index contributed by atoms with van der Waals surface area (Å²) < 4.78 is 1.97. The summed E-state index contributed by atoms with van der Waals surface area (Å²) in [5.41, 5.74) is 0.820. The number of benzene rings is 1. The summed E-state index contributed by atoms with van der Waals surface area (Å²) in [5, 5.41) is 12.4. The van der Waals surface area contributed by atoms with Crippen LogP contribution in [0.4, 0.5) is 0 Å². The number of aromatic nitrogens is 2. The van der Waals surface area contributed by atoms with Crippen LogP contribution in [0.3, 0.4) is 0 Å². The lowest BCUT2D eigenvalue weighted by atomic mass is 9.86. The molecule has 1 aromatic heterocycles. The number of phenolic OH excluding ortho intramolecular Hbond substituents is 1. The topological polar surface area (TPSA) is 67.2 Å². The molecule has 2 rings (SSSR count). The van der Waals surface area contributed by atoms with E-state index in [0.29, 0.717) is 13.0 Å². The molecule has 2 aromatic rings. The van der Waals surface area contributed by atoms with Gasteiger partial charge in [0.15, 0.2) is 0 Å². The van der Waals surface area contributed by atoms with Crippen LogP contribution in [-0.4, -0.2) is 26.6 Å². The van der Waals surface area contributed by atoms with Crippen LogP contribution in [0.5, 0.6) is 5.75 Å². The van der Waals surface area contributed by atoms with Gasteiger partial charge in [0.2, 0.25) is 5.91 Å². The van der Waals surface area contributed by atoms with E-state index in [9.17, 15) is 9.90 Å². The molecule has 0 spiro atoms. The van der Waals surface area contributed by atoms with Crippen LogP contribution in [-0.2, 0) is 17.8 Å². The normalized spacial score (nSPS) is 12.9. The van der Waals surface area contributed by atoms with E-state index in [1.54, 1.807) is 36.8 Å². The van der Waals surface area contributed by atoms with E-state index in [1.165, 1.54) is 0 Å². The number of amides is 1. The molecule has 0 bridgehead atoms. The summed E-state index contributed by atoms with van der Waals surface area (Å²) in [6.45, 7) is 7.01. The van der Waals surface area contributed by atoms with Crippen LogP contribution >= 0.6 is 0 Å². The van der Waals surface area contributed by atoms with Crippen LogP contribution in [0.15, 0.2) is 43.0 Å². The minimum Gasteiger partial charge on any atom is -0.508 e. The highest BCUT2D eigenvalue weighted by Gasteiger charge is 2.26. The smallest absolute Gasteiger partial charge is 0.224 e. The molecule has 5 nitrogen and oxygen atoms in total. The zero-order valence-electron chi connectivity index (χ0n) is 13.3. The summed E-state index contributed by atoms with van der Waals surface area (Å²) in [6, 6.07) is 6.71. The van der Waals surface area contributed by atoms with Crippen LogP contribution in [0.1, 0.15) is 26.3 Å². The van der Waals surface area contributed by atoms with Crippen molar-refractivity contribution in [2.24, 2.45) is 5.41 Å². The Balaban J connectivity index is 2.00. The molecule has 0 aliphatic carbocycles. The van der Waals surface area contributed by atoms with Crippen molar-refractivity contribution in [2.75, 3.05) is 0 Å². The van der Waals surface area contributed by atoms with Crippen LogP contribution in [0, 0.1) is 5.41 Å². The van der Waals surface area contributed by atoms with Gasteiger partial charge in [-0.2, -0.15) is 0 Å². The predicted octanol–water partition coefficient (Wildman–Crippen LogP) is 2.36. The number of hydrogen-bond acceptors (Lipinski definition) is 3. The van der Waals surface area contributed by atoms with Gasteiger partial charge in [-0.05, 0) is 23.1 Å². The first-order valence-corrected chi connectivity index (χ1v) is 7.37. The number of carbonyl (C=O) groups excluding carboxylic acids is 1. The molecular formula is C17H23N3O2. The molecule has 1 aromatic carbocycles. The summed E-state index contributed by atoms with van der Waals surface area (Å²) in [6.07, 6.45) is 5.69. The molecule has 0 aliphatic rings. The Bertz CT molecular complexity index is 598. The van der Waals surface area contributed by atoms with Gasteiger partial charge in [0.05, 0.1) is 18.8 Å². The van der Waals surface area contributed by atoms with Crippen molar-refractivity contribution < 1.29 is 9.90 Å². The van der Waals surface area contributed by atoms with E-state index in [0.717, 1.165) is 5.56 Å². The second-order valence-corrected chi connectivity index (χ2v) is 6.59. The van der Waals surface area contributed by atoms with Crippen LogP contribution in [0.25, 0.3) is 0 Å². The van der Waals surface area contributed by atoms with Crippen molar-refractivity contribution in [3.63, 3.8) is 0 Å². The predicted molar refractivity (Wildman–Crippen MR) is 85.4 cm³/mol. The van der Waals surface area contributed by atoms with E-state index < -0.39 is 0 Å². The van der Waals surface area contributed by atoms with Crippen molar-refractivity contribution in [1.29, 1.82) is 0 Å². The quantitative estimate of drug-likeness (QED) is 0.891. The monoisotopic (exact) mass is 301 g/mol. The fourth-order valence-electron chi connectivity index (χ4n) is 2.19. The zero-order chi connectivity index (χ0) is 16.2. The van der Waals surface area contributed by atoms with Crippen molar-refractivity contribution >= 4 is 5.91 Å². The number of hydrogen-bond donors (Lipinski definition) is 2. The van der Waals surface area contributed by atoms with Gasteiger partial charge in [0.25, 0.3) is 0 Å². The highest BCUT2D eigenvalue weighted by molar-refractivity contribution is 5.79. The number of rotatable bonds is 5. The van der Waals surface area contributed by atoms with Crippen LogP contribution < -0.4 is 5.32 Å². The third-order valence-electron chi connectivity index (χ3n) is 3.63. The molecule has 0 fully saturated rings. The average molecular weight is 301 g/mol. The number of nitrogens with zero attached hydrogens (tertiary/aromatic N) is 2. The van der Waals surface area contributed by atoms with Gasteiger partial charge in [-0.3, -0.25) is 4.79 Å². The molecule has 0 aliphatic heterocycles. The van der Waals surface area contributed by atoms with Crippen molar-refractivity contribution in [1.82, 2.24) is 14.9 Å². The van der Waals surface area contributed by atoms with Gasteiger partial charge in [0, 0.05) is 18.9 Å². The molecule has 22 heavy (non-hydrogen) atoms. The number of phenols is 1. The average Bonchev–Trinajstić information content (AvgIpc) is 2.92. The Labute approximate surface area is 131 Å². The highest BCUT2D eigenvalue weighted by Crippen LogP contribution is 2.21. The SMILES string of the molecule is CC(C)(C)C(Cn1ccnc1)NC(=O)Cc1ccc(O)cc1. The molecule has 1 unspecified atom stereocenters. The lowest BCUT2D eigenvalue weighted by molar-refractivity contribution is -0.122. The molecule has 0 radical (unpaired) electrons. The van der Waals surface area contributed by atoms with Gasteiger partial charge in [-0.25, -0.2) is 4.98 Å². The number of carbonyl (C=O) groups is 1. The van der Waals surface area contributed by atoms with Gasteiger partial charge in [-0.1, -0.05) is 32.9 Å². The number of nitrogens with one attached hydrogen (secondary N) is 1. The molecule has 5 heteroatoms. The minimum atomic E-state index is -0.0606. The van der Waals surface area contributed by atoms with E-state index in [4.69, 9.17) is 0 Å². The van der Waals surface area contributed by atoms with E-state index in [1.807, 2.05) is 10.8 Å². The van der Waals surface area contributed by atoms with E-state index in [2.05, 4.69) is 31.1 Å². The summed E-state index contributed by atoms with van der Waals surface area (Å²) in [7, 11) is 0. The Morgan fingerprint density at radius 1 is 1.32 bits per heavy atom. The Morgan fingerprint density at radius 3 is 2.55 bits per heavy atom. The van der Waals surface area contributed by atoms with E-state index >= 15 is 0 Å². The second kappa shape index (κ2) is 6.64. The Morgan fingerprint density at radius 2 is 2.00 bits per heavy atom. The zero-order valence-corrected chi connectivity index (χ0v) is 13.3. The first-order valence-electron chi connectivity index (χ1n) is 7.37. The van der Waals surface area contributed by atoms with Gasteiger partial charge < -0.3 is 15.0 Å². The maximum Gasteiger partial charge on any atom is 0.224 e. The first-order chi connectivity index (χ1) is 10.3. The highest BCUT2D eigenvalue weighted by atomic mass is 16.3. The Hall–Kier alpha value is -2.30. The second-order valence-electron chi connectivity index (χ2n) is 6.59. The van der Waals surface area contributed by atoms with Crippen molar-refractivity contribution in [3.8, 4) is 5.75 Å². The third kappa shape index (κ3) is 4.62. The maximum atomic E-state index is 12.3. The number of imidazole rings is 1. The lowest BCUT2D eigenvalue weighted by Gasteiger charge is -2.31. The van der Waals surface area contributed by atoms with Crippen molar-refractivity contribution in [3.05, 3.63) is 48.5 Å². The maximum absolute atomic E-state index is 12.3. The van der Waals surface area contributed by atoms with Gasteiger partial charge in [0.1, 0.15) is 5.75 Å². The largest absolute Gasteiger partial charge is 0.508 e. The first kappa shape index (κ1) is 16.1. The van der Waals surface area contributed by atoms with Crippen LogP contribution in [0.2, 0.25) is 0 Å². The van der Waals surface area contributed by atoms with Gasteiger partial charge in [-0.15, -0.1) is 0 Å². The minimum absolute atomic E-state index is 0.00585. The number of aromatic hydroxyl groups is 1. The molecular weight excluding hydrogens is 278 g/mol.